The normalized spacial score (nSPS) is 13.8. The predicted molar refractivity (Wildman–Crippen MR) is 404 cm³/mol. The molecule has 0 fully saturated rings. The highest BCUT2D eigenvalue weighted by Gasteiger charge is 2.46. The molecule has 0 saturated heterocycles. The number of hydrogen-bond acceptors (Lipinski definition) is 2. The van der Waals surface area contributed by atoms with E-state index in [-0.39, 0.29) is 52.5 Å². The van der Waals surface area contributed by atoms with Crippen LogP contribution in [-0.2, 0) is 16.2 Å². The van der Waals surface area contributed by atoms with E-state index in [1.54, 1.807) is 6.07 Å². The van der Waals surface area contributed by atoms with E-state index in [1.165, 1.54) is 11.1 Å². The summed E-state index contributed by atoms with van der Waals surface area (Å²) in [5, 5.41) is 1.20. The largest absolute Gasteiger partial charge is 0.310 e. The zero-order chi connectivity index (χ0) is 69.4. The molecule has 0 N–H and O–H groups in total. The lowest BCUT2D eigenvalue weighted by Gasteiger charge is -2.46. The van der Waals surface area contributed by atoms with Crippen LogP contribution in [0.2, 0.25) is 0 Å². The standard InChI is InChI=1S/C90H76BN3/c1-88(2,3)67-47-50-80-76(56-67)75-39-25-26-44-79(75)92(80)70-57-83-85-84(58-70)94(87-73(62-35-21-13-22-36-62)42-28-43-74(87)63-37-23-14-24-38-63)82-49-46-65(66-51-68(89(4,5)6)55-69(52-66)90(7,8)9)54-78(82)91(85)77-53-64(59-29-15-10-16-30-59)45-48-81(77)93(83)86-71(60-31-17-11-18-32-60)40-27-41-72(86)61-33-19-12-20-34-61/h10-58H,1-9H3/i15D,16D,25D,26D,39D,44D. The van der Waals surface area contributed by atoms with Gasteiger partial charge in [0.1, 0.15) is 0 Å². The van der Waals surface area contributed by atoms with Crippen LogP contribution in [0.1, 0.15) is 87.2 Å². The zero-order valence-corrected chi connectivity index (χ0v) is 54.7. The van der Waals surface area contributed by atoms with E-state index in [2.05, 4.69) is 319 Å². The third-order valence-electron chi connectivity index (χ3n) is 19.4. The minimum atomic E-state index is -0.475. The van der Waals surface area contributed by atoms with Gasteiger partial charge in [0.25, 0.3) is 6.71 Å². The molecule has 0 radical (unpaired) electrons. The minimum absolute atomic E-state index is 0.0902. The number of nitrogens with zero attached hydrogens (tertiary/aromatic N) is 3. The van der Waals surface area contributed by atoms with Crippen LogP contribution in [0.4, 0.5) is 34.1 Å². The van der Waals surface area contributed by atoms with Gasteiger partial charge >= 0.3 is 0 Å². The van der Waals surface area contributed by atoms with Crippen molar-refractivity contribution in [2.24, 2.45) is 0 Å². The third kappa shape index (κ3) is 9.98. The summed E-state index contributed by atoms with van der Waals surface area (Å²) in [6.45, 7) is 19.8. The monoisotopic (exact) mass is 1220 g/mol. The molecule has 0 aliphatic carbocycles. The van der Waals surface area contributed by atoms with Crippen molar-refractivity contribution in [1.82, 2.24) is 4.57 Å². The Bertz CT molecular complexity index is 5450. The van der Waals surface area contributed by atoms with Gasteiger partial charge in [-0.15, -0.1) is 0 Å². The third-order valence-corrected chi connectivity index (χ3v) is 19.4. The van der Waals surface area contributed by atoms with Gasteiger partial charge in [-0.2, -0.15) is 0 Å². The Morgan fingerprint density at radius 1 is 0.298 bits per heavy atom. The van der Waals surface area contributed by atoms with Gasteiger partial charge in [-0.1, -0.05) is 317 Å². The number of hydrogen-bond donors (Lipinski definition) is 0. The molecule has 0 atom stereocenters. The first-order valence-corrected chi connectivity index (χ1v) is 32.8. The maximum atomic E-state index is 10.1. The summed E-state index contributed by atoms with van der Waals surface area (Å²) in [4.78, 5) is 5.00. The smallest absolute Gasteiger partial charge is 0.252 e. The molecule has 16 rings (SSSR count). The summed E-state index contributed by atoms with van der Waals surface area (Å²) in [7, 11) is 0. The highest BCUT2D eigenvalue weighted by molar-refractivity contribution is 7.00. The highest BCUT2D eigenvalue weighted by atomic mass is 15.2. The summed E-state index contributed by atoms with van der Waals surface area (Å²) in [6, 6.07) is 92.9. The summed E-state index contributed by atoms with van der Waals surface area (Å²) in [5.74, 6) is 0. The number of benzene rings is 13. The lowest BCUT2D eigenvalue weighted by molar-refractivity contribution is 0.569. The molecule has 0 unspecified atom stereocenters. The van der Waals surface area contributed by atoms with Crippen molar-refractivity contribution in [2.75, 3.05) is 9.80 Å². The Hall–Kier alpha value is -10.7. The average molecular weight is 1220 g/mol. The fourth-order valence-corrected chi connectivity index (χ4v) is 14.6. The van der Waals surface area contributed by atoms with Crippen LogP contribution in [0.5, 0.6) is 0 Å². The molecule has 14 aromatic rings. The van der Waals surface area contributed by atoms with E-state index in [0.29, 0.717) is 16.6 Å². The molecule has 94 heavy (non-hydrogen) atoms. The van der Waals surface area contributed by atoms with E-state index >= 15 is 0 Å². The van der Waals surface area contributed by atoms with Crippen molar-refractivity contribution in [3.63, 3.8) is 0 Å². The molecule has 0 saturated carbocycles. The first-order chi connectivity index (χ1) is 48.0. The second-order valence-electron chi connectivity index (χ2n) is 28.5. The topological polar surface area (TPSA) is 11.4 Å². The Morgan fingerprint density at radius 3 is 1.18 bits per heavy atom. The molecule has 3 nitrogen and oxygen atoms in total. The number of rotatable bonds is 9. The Kier molecular flexibility index (Phi) is 12.5. The Balaban J connectivity index is 1.14. The fourth-order valence-electron chi connectivity index (χ4n) is 14.6. The lowest BCUT2D eigenvalue weighted by atomic mass is 9.33. The van der Waals surface area contributed by atoms with Crippen molar-refractivity contribution < 1.29 is 8.22 Å². The molecular weight excluding hydrogens is 1130 g/mol. The maximum Gasteiger partial charge on any atom is 0.252 e. The zero-order valence-electron chi connectivity index (χ0n) is 60.7. The van der Waals surface area contributed by atoms with E-state index in [0.717, 1.165) is 134 Å². The molecule has 454 valence electrons. The van der Waals surface area contributed by atoms with Crippen LogP contribution >= 0.6 is 0 Å². The molecule has 13 aromatic carbocycles. The van der Waals surface area contributed by atoms with Crippen molar-refractivity contribution in [2.45, 2.75) is 78.6 Å². The molecule has 2 aliphatic heterocycles. The van der Waals surface area contributed by atoms with Crippen LogP contribution in [0, 0.1) is 0 Å². The van der Waals surface area contributed by atoms with Crippen LogP contribution in [-0.4, -0.2) is 11.3 Å². The Labute approximate surface area is 563 Å². The van der Waals surface area contributed by atoms with E-state index in [1.807, 2.05) is 12.1 Å². The van der Waals surface area contributed by atoms with Gasteiger partial charge in [0, 0.05) is 55.8 Å². The molecule has 0 bridgehead atoms. The summed E-state index contributed by atoms with van der Waals surface area (Å²) < 4.78 is 59.0. The number of fused-ring (bicyclic) bond motifs is 7. The number of para-hydroxylation sites is 3. The number of anilines is 6. The van der Waals surface area contributed by atoms with Crippen LogP contribution < -0.4 is 26.2 Å². The van der Waals surface area contributed by atoms with Gasteiger partial charge in [0.2, 0.25) is 0 Å². The van der Waals surface area contributed by atoms with Crippen LogP contribution in [0.3, 0.4) is 0 Å². The lowest BCUT2D eigenvalue weighted by Crippen LogP contribution is -2.61. The minimum Gasteiger partial charge on any atom is -0.310 e. The van der Waals surface area contributed by atoms with Gasteiger partial charge in [0.05, 0.1) is 36.3 Å². The van der Waals surface area contributed by atoms with Gasteiger partial charge in [-0.3, -0.25) is 0 Å². The summed E-state index contributed by atoms with van der Waals surface area (Å²) >= 11 is 0. The maximum absolute atomic E-state index is 10.1. The van der Waals surface area contributed by atoms with E-state index in [4.69, 9.17) is 2.74 Å². The molecule has 3 heterocycles. The first kappa shape index (κ1) is 51.9. The number of aromatic nitrogens is 1. The molecule has 1 aromatic heterocycles. The molecular formula is C90H76BN3. The quantitative estimate of drug-likeness (QED) is 0.133. The SMILES string of the molecule is [2H]c1cc([2H])cc(-c2ccc3c(c2)B2c4cc(-c5cc(C(C)(C)C)cc(C(C)(C)C)c5)ccc4N(c4c(-c5ccccc5)cccc4-c4ccccc4)c4cc(-n5c6ccc(C(C)(C)C)cc6c6c([2H])c([2H])c([2H])c([2H])c65)cc(c42)N3c2c(-c3ccccc3)cccc2-c2ccccc2)c1. The summed E-state index contributed by atoms with van der Waals surface area (Å²) in [5.41, 5.74) is 25.5. The van der Waals surface area contributed by atoms with Crippen molar-refractivity contribution in [3.8, 4) is 72.4 Å². The highest BCUT2D eigenvalue weighted by Crippen LogP contribution is 2.54. The van der Waals surface area contributed by atoms with E-state index in [9.17, 15) is 5.48 Å². The van der Waals surface area contributed by atoms with Crippen LogP contribution in [0.25, 0.3) is 94.3 Å². The molecule has 0 spiro atoms. The second-order valence-corrected chi connectivity index (χ2v) is 28.5. The summed E-state index contributed by atoms with van der Waals surface area (Å²) in [6.07, 6.45) is 0. The van der Waals surface area contributed by atoms with Gasteiger partial charge in [-0.25, -0.2) is 0 Å². The molecule has 4 heteroatoms. The van der Waals surface area contributed by atoms with Crippen LogP contribution in [0.15, 0.2) is 297 Å². The Morgan fingerprint density at radius 2 is 0.734 bits per heavy atom. The first-order valence-electron chi connectivity index (χ1n) is 35.8. The van der Waals surface area contributed by atoms with Crippen molar-refractivity contribution >= 4 is 79.0 Å². The predicted octanol–water partition coefficient (Wildman–Crippen LogP) is 22.8. The van der Waals surface area contributed by atoms with Crippen molar-refractivity contribution in [1.29, 1.82) is 0 Å². The van der Waals surface area contributed by atoms with Gasteiger partial charge in [-0.05, 0) is 136 Å². The van der Waals surface area contributed by atoms with E-state index < -0.39 is 6.71 Å². The van der Waals surface area contributed by atoms with Gasteiger partial charge < -0.3 is 14.4 Å². The van der Waals surface area contributed by atoms with Gasteiger partial charge in [0.15, 0.2) is 0 Å². The second kappa shape index (κ2) is 22.6. The molecule has 2 aliphatic rings. The fraction of sp³-hybridized carbons (Fsp3) is 0.133. The average Bonchev–Trinajstić information content (AvgIpc) is 0.895. The molecule has 0 amide bonds. The van der Waals surface area contributed by atoms with Crippen molar-refractivity contribution in [3.05, 3.63) is 314 Å².